The number of aromatic nitrogens is 4. The minimum atomic E-state index is -0.0564. The lowest BCUT2D eigenvalue weighted by Gasteiger charge is -2.32. The Morgan fingerprint density at radius 2 is 1.86 bits per heavy atom. The van der Waals surface area contributed by atoms with E-state index >= 15 is 0 Å². The number of likely N-dealkylation sites (tertiary alicyclic amines) is 1. The van der Waals surface area contributed by atoms with E-state index in [2.05, 4.69) is 30.8 Å². The maximum Gasteiger partial charge on any atom is 0.321 e. The van der Waals surface area contributed by atoms with Crippen LogP contribution in [-0.4, -0.2) is 50.2 Å². The van der Waals surface area contributed by atoms with Gasteiger partial charge in [-0.05, 0) is 24.3 Å². The highest BCUT2D eigenvalue weighted by atomic mass is 16.2. The minimum absolute atomic E-state index is 0.0564. The highest BCUT2D eigenvalue weighted by Crippen LogP contribution is 2.24. The molecule has 2 aromatic heterocycles. The molecule has 3 heterocycles. The lowest BCUT2D eigenvalue weighted by Crippen LogP contribution is -2.44. The van der Waals surface area contributed by atoms with Gasteiger partial charge in [-0.2, -0.15) is 5.10 Å². The summed E-state index contributed by atoms with van der Waals surface area (Å²) in [6, 6.07) is 14.2. The summed E-state index contributed by atoms with van der Waals surface area (Å²) in [6.07, 6.45) is 4.96. The second-order valence-corrected chi connectivity index (χ2v) is 7.22. The SMILES string of the molecule is O=C(Nc1cccc2ccccc12)N1CCC(Nc2ncnc3[nH]ncc23)CC1. The lowest BCUT2D eigenvalue weighted by molar-refractivity contribution is 0.197. The molecule has 8 heteroatoms. The molecule has 1 saturated heterocycles. The molecule has 146 valence electrons. The van der Waals surface area contributed by atoms with Gasteiger partial charge in [0.25, 0.3) is 0 Å². The first-order valence-corrected chi connectivity index (χ1v) is 9.72. The zero-order valence-corrected chi connectivity index (χ0v) is 15.8. The van der Waals surface area contributed by atoms with E-state index in [1.54, 1.807) is 6.20 Å². The van der Waals surface area contributed by atoms with Crippen molar-refractivity contribution in [1.29, 1.82) is 0 Å². The summed E-state index contributed by atoms with van der Waals surface area (Å²) in [4.78, 5) is 23.1. The second kappa shape index (κ2) is 7.38. The number of carbonyl (C=O) groups is 1. The number of hydrogen-bond acceptors (Lipinski definition) is 5. The van der Waals surface area contributed by atoms with Crippen LogP contribution in [0.3, 0.4) is 0 Å². The number of nitrogens with zero attached hydrogens (tertiary/aromatic N) is 4. The highest BCUT2D eigenvalue weighted by Gasteiger charge is 2.24. The Bertz CT molecular complexity index is 1160. The van der Waals surface area contributed by atoms with Crippen LogP contribution >= 0.6 is 0 Å². The molecule has 0 unspecified atom stereocenters. The van der Waals surface area contributed by atoms with Crippen LogP contribution in [0.5, 0.6) is 0 Å². The monoisotopic (exact) mass is 387 g/mol. The normalized spacial score (nSPS) is 15.0. The summed E-state index contributed by atoms with van der Waals surface area (Å²) in [5.74, 6) is 0.780. The Balaban J connectivity index is 1.22. The van der Waals surface area contributed by atoms with Gasteiger partial charge in [0.2, 0.25) is 0 Å². The Morgan fingerprint density at radius 3 is 2.76 bits per heavy atom. The van der Waals surface area contributed by atoms with Crippen molar-refractivity contribution < 1.29 is 4.79 Å². The van der Waals surface area contributed by atoms with Gasteiger partial charge < -0.3 is 15.5 Å². The predicted octanol–water partition coefficient (Wildman–Crippen LogP) is 3.61. The van der Waals surface area contributed by atoms with Crippen molar-refractivity contribution in [3.63, 3.8) is 0 Å². The highest BCUT2D eigenvalue weighted by molar-refractivity contribution is 6.01. The Hall–Kier alpha value is -3.68. The van der Waals surface area contributed by atoms with Crippen molar-refractivity contribution in [2.24, 2.45) is 0 Å². The first kappa shape index (κ1) is 17.4. The van der Waals surface area contributed by atoms with Gasteiger partial charge in [0, 0.05) is 24.5 Å². The number of benzene rings is 2. The molecule has 1 fully saturated rings. The van der Waals surface area contributed by atoms with Crippen molar-refractivity contribution in [3.05, 3.63) is 55.0 Å². The van der Waals surface area contributed by atoms with E-state index in [0.717, 1.165) is 46.2 Å². The molecule has 0 aliphatic carbocycles. The molecular formula is C21H21N7O. The third-order valence-corrected chi connectivity index (χ3v) is 5.40. The molecular weight excluding hydrogens is 366 g/mol. The van der Waals surface area contributed by atoms with Gasteiger partial charge in [-0.3, -0.25) is 5.10 Å². The molecule has 29 heavy (non-hydrogen) atoms. The average molecular weight is 387 g/mol. The fraction of sp³-hybridized carbons (Fsp3) is 0.238. The van der Waals surface area contributed by atoms with E-state index in [0.29, 0.717) is 13.1 Å². The molecule has 1 aliphatic heterocycles. The minimum Gasteiger partial charge on any atom is -0.366 e. The number of amides is 2. The molecule has 0 radical (unpaired) electrons. The van der Waals surface area contributed by atoms with Crippen molar-refractivity contribution in [2.45, 2.75) is 18.9 Å². The number of H-pyrrole nitrogens is 1. The number of piperidine rings is 1. The van der Waals surface area contributed by atoms with E-state index in [1.165, 1.54) is 6.33 Å². The zero-order valence-electron chi connectivity index (χ0n) is 15.8. The van der Waals surface area contributed by atoms with Crippen LogP contribution < -0.4 is 10.6 Å². The van der Waals surface area contributed by atoms with Gasteiger partial charge in [-0.15, -0.1) is 0 Å². The van der Waals surface area contributed by atoms with Crippen LogP contribution in [0.2, 0.25) is 0 Å². The zero-order chi connectivity index (χ0) is 19.6. The molecule has 4 aromatic rings. The molecule has 3 N–H and O–H groups in total. The molecule has 0 spiro atoms. The van der Waals surface area contributed by atoms with Crippen molar-refractivity contribution in [2.75, 3.05) is 23.7 Å². The number of urea groups is 1. The predicted molar refractivity (Wildman–Crippen MR) is 113 cm³/mol. The topological polar surface area (TPSA) is 98.8 Å². The molecule has 8 nitrogen and oxygen atoms in total. The van der Waals surface area contributed by atoms with Crippen molar-refractivity contribution in [1.82, 2.24) is 25.1 Å². The standard InChI is InChI=1S/C21H21N7O/c29-21(26-18-7-3-5-14-4-1-2-6-16(14)18)28-10-8-15(9-11-28)25-19-17-12-24-27-20(17)23-13-22-19/h1-7,12-13,15H,8-11H2,(H,26,29)(H2,22,23,24,25,27). The van der Waals surface area contributed by atoms with E-state index in [4.69, 9.17) is 0 Å². The fourth-order valence-electron chi connectivity index (χ4n) is 3.83. The molecule has 0 bridgehead atoms. The number of fused-ring (bicyclic) bond motifs is 2. The van der Waals surface area contributed by atoms with Crippen LogP contribution in [0.15, 0.2) is 55.0 Å². The smallest absolute Gasteiger partial charge is 0.321 e. The van der Waals surface area contributed by atoms with Crippen molar-refractivity contribution in [3.8, 4) is 0 Å². The van der Waals surface area contributed by atoms with Crippen LogP contribution in [-0.2, 0) is 0 Å². The van der Waals surface area contributed by atoms with E-state index < -0.39 is 0 Å². The second-order valence-electron chi connectivity index (χ2n) is 7.22. The molecule has 5 rings (SSSR count). The number of carbonyl (C=O) groups excluding carboxylic acids is 1. The molecule has 1 aliphatic rings. The van der Waals surface area contributed by atoms with Gasteiger partial charge in [-0.25, -0.2) is 14.8 Å². The van der Waals surface area contributed by atoms with E-state index in [1.807, 2.05) is 47.4 Å². The number of rotatable bonds is 3. The third kappa shape index (κ3) is 3.44. The number of hydrogen-bond donors (Lipinski definition) is 3. The number of nitrogens with one attached hydrogen (secondary N) is 3. The Morgan fingerprint density at radius 1 is 1.03 bits per heavy atom. The Kier molecular flexibility index (Phi) is 4.44. The summed E-state index contributed by atoms with van der Waals surface area (Å²) in [6.45, 7) is 1.38. The summed E-state index contributed by atoms with van der Waals surface area (Å²) >= 11 is 0. The summed E-state index contributed by atoms with van der Waals surface area (Å²) < 4.78 is 0. The summed E-state index contributed by atoms with van der Waals surface area (Å²) in [7, 11) is 0. The molecule has 2 aromatic carbocycles. The van der Waals surface area contributed by atoms with Gasteiger partial charge in [-0.1, -0.05) is 36.4 Å². The van der Waals surface area contributed by atoms with E-state index in [-0.39, 0.29) is 12.1 Å². The number of aromatic amines is 1. The summed E-state index contributed by atoms with van der Waals surface area (Å²) in [5.41, 5.74) is 1.56. The fourth-order valence-corrected chi connectivity index (χ4v) is 3.83. The molecule has 0 atom stereocenters. The Labute approximate surface area is 167 Å². The van der Waals surface area contributed by atoms with E-state index in [9.17, 15) is 4.79 Å². The van der Waals surface area contributed by atoms with Crippen LogP contribution in [0, 0.1) is 0 Å². The lowest BCUT2D eigenvalue weighted by atomic mass is 10.1. The first-order valence-electron chi connectivity index (χ1n) is 9.72. The largest absolute Gasteiger partial charge is 0.366 e. The maximum atomic E-state index is 12.8. The molecule has 0 saturated carbocycles. The van der Waals surface area contributed by atoms with Gasteiger partial charge in [0.15, 0.2) is 5.65 Å². The van der Waals surface area contributed by atoms with Crippen LogP contribution in [0.4, 0.5) is 16.3 Å². The summed E-state index contributed by atoms with van der Waals surface area (Å²) in [5, 5.41) is 16.5. The van der Waals surface area contributed by atoms with Crippen molar-refractivity contribution >= 4 is 39.3 Å². The first-order chi connectivity index (χ1) is 14.3. The average Bonchev–Trinajstić information content (AvgIpc) is 3.24. The van der Waals surface area contributed by atoms with Crippen LogP contribution in [0.25, 0.3) is 21.8 Å². The van der Waals surface area contributed by atoms with Crippen LogP contribution in [0.1, 0.15) is 12.8 Å². The van der Waals surface area contributed by atoms with Gasteiger partial charge in [0.1, 0.15) is 12.1 Å². The third-order valence-electron chi connectivity index (χ3n) is 5.40. The quantitative estimate of drug-likeness (QED) is 0.499. The molecule has 2 amide bonds. The van der Waals surface area contributed by atoms with Gasteiger partial charge in [0.05, 0.1) is 17.3 Å². The van der Waals surface area contributed by atoms with Gasteiger partial charge >= 0.3 is 6.03 Å². The maximum absolute atomic E-state index is 12.8. The number of anilines is 2.